The molecule has 1 heterocycles. The molecular weight excluding hydrogens is 336 g/mol. The minimum Gasteiger partial charge on any atom is -0.486 e. The van der Waals surface area contributed by atoms with Gasteiger partial charge in [0.2, 0.25) is 0 Å². The number of ether oxygens (including phenoxy) is 2. The summed E-state index contributed by atoms with van der Waals surface area (Å²) in [5, 5.41) is 0. The van der Waals surface area contributed by atoms with Gasteiger partial charge in [-0.05, 0) is 67.9 Å². The number of benzene rings is 1. The third-order valence-electron chi connectivity index (χ3n) is 8.85. The van der Waals surface area contributed by atoms with E-state index in [1.165, 1.54) is 36.0 Å². The number of hydrogen-bond acceptors (Lipinski definition) is 3. The summed E-state index contributed by atoms with van der Waals surface area (Å²) in [6, 6.07) is 4.66. The molecule has 5 rings (SSSR count). The number of ketones is 1. The molecule has 2 bridgehead atoms. The second kappa shape index (κ2) is 5.83. The second-order valence-corrected chi connectivity index (χ2v) is 9.38. The highest BCUT2D eigenvalue weighted by atomic mass is 16.5. The lowest BCUT2D eigenvalue weighted by molar-refractivity contribution is -0.182. The first-order valence-electron chi connectivity index (χ1n) is 10.9. The Kier molecular flexibility index (Phi) is 3.82. The van der Waals surface area contributed by atoms with Crippen LogP contribution < -0.4 is 4.74 Å². The molecule has 1 aliphatic heterocycles. The largest absolute Gasteiger partial charge is 0.486 e. The Labute approximate surface area is 162 Å². The minimum absolute atomic E-state index is 0.0188. The van der Waals surface area contributed by atoms with Gasteiger partial charge in [-0.1, -0.05) is 32.4 Å². The van der Waals surface area contributed by atoms with Crippen molar-refractivity contribution in [3.63, 3.8) is 0 Å². The van der Waals surface area contributed by atoms with E-state index in [0.717, 1.165) is 31.4 Å². The van der Waals surface area contributed by atoms with Gasteiger partial charge in [0, 0.05) is 24.0 Å². The summed E-state index contributed by atoms with van der Waals surface area (Å²) in [7, 11) is 1.77. The van der Waals surface area contributed by atoms with E-state index in [4.69, 9.17) is 9.47 Å². The SMILES string of the molecule is CCc1ccc2c3c1OC1C(OC)C(C(C)=O)CC4(CC)C(CCCC314)C2. The van der Waals surface area contributed by atoms with Gasteiger partial charge in [0.15, 0.2) is 0 Å². The maximum atomic E-state index is 12.7. The third-order valence-corrected chi connectivity index (χ3v) is 8.85. The highest BCUT2D eigenvalue weighted by Crippen LogP contribution is 2.72. The molecule has 1 spiro atoms. The van der Waals surface area contributed by atoms with Gasteiger partial charge in [-0.25, -0.2) is 0 Å². The van der Waals surface area contributed by atoms with Crippen LogP contribution in [-0.2, 0) is 27.8 Å². The Morgan fingerprint density at radius 1 is 1.33 bits per heavy atom. The van der Waals surface area contributed by atoms with Crippen LogP contribution in [0.25, 0.3) is 0 Å². The molecule has 2 saturated carbocycles. The van der Waals surface area contributed by atoms with Crippen LogP contribution in [0.3, 0.4) is 0 Å². The highest BCUT2D eigenvalue weighted by molar-refractivity contribution is 5.80. The van der Waals surface area contributed by atoms with Crippen LogP contribution in [0.1, 0.15) is 69.6 Å². The van der Waals surface area contributed by atoms with Gasteiger partial charge in [0.05, 0.1) is 0 Å². The Hall–Kier alpha value is -1.35. The number of aryl methyl sites for hydroxylation is 1. The summed E-state index contributed by atoms with van der Waals surface area (Å²) >= 11 is 0. The van der Waals surface area contributed by atoms with Crippen LogP contribution in [0.2, 0.25) is 0 Å². The first kappa shape index (κ1) is 17.7. The number of Topliss-reactive ketones (excluding diaryl/α,β-unsaturated/α-hetero) is 1. The van der Waals surface area contributed by atoms with Crippen LogP contribution in [-0.4, -0.2) is 25.1 Å². The zero-order chi connectivity index (χ0) is 19.0. The first-order chi connectivity index (χ1) is 13.0. The molecule has 0 saturated heterocycles. The summed E-state index contributed by atoms with van der Waals surface area (Å²) in [5.74, 6) is 2.02. The van der Waals surface area contributed by atoms with E-state index in [0.29, 0.717) is 5.92 Å². The average Bonchev–Trinajstić information content (AvgIpc) is 3.00. The standard InChI is InChI=1S/C24H32O3/c1-5-15-9-10-16-12-17-8-7-11-24-19(16)20(15)27-22(24)21(26-4)18(14(3)25)13-23(17,24)6-2/h9-10,17-18,21-22H,5-8,11-13H2,1-4H3. The molecule has 6 unspecified atom stereocenters. The van der Waals surface area contributed by atoms with Crippen molar-refractivity contribution in [3.8, 4) is 5.75 Å². The molecule has 2 fully saturated rings. The maximum Gasteiger partial charge on any atom is 0.136 e. The third kappa shape index (κ3) is 1.90. The van der Waals surface area contributed by atoms with Crippen LogP contribution in [0.5, 0.6) is 5.75 Å². The average molecular weight is 369 g/mol. The first-order valence-corrected chi connectivity index (χ1v) is 10.9. The topological polar surface area (TPSA) is 35.5 Å². The number of hydrogen-bond donors (Lipinski definition) is 0. The van der Waals surface area contributed by atoms with E-state index >= 15 is 0 Å². The van der Waals surface area contributed by atoms with Crippen molar-refractivity contribution >= 4 is 5.78 Å². The van der Waals surface area contributed by atoms with Gasteiger partial charge in [-0.3, -0.25) is 4.79 Å². The molecule has 1 aromatic carbocycles. The molecule has 1 aromatic rings. The molecule has 4 aliphatic rings. The Balaban J connectivity index is 1.82. The zero-order valence-corrected chi connectivity index (χ0v) is 17.1. The summed E-state index contributed by atoms with van der Waals surface area (Å²) < 4.78 is 12.9. The summed E-state index contributed by atoms with van der Waals surface area (Å²) in [6.07, 6.45) is 7.82. The molecule has 0 aromatic heterocycles. The lowest BCUT2D eigenvalue weighted by Gasteiger charge is -2.65. The molecule has 0 radical (unpaired) electrons. The molecule has 6 atom stereocenters. The fourth-order valence-electron chi connectivity index (χ4n) is 7.82. The number of carbonyl (C=O) groups is 1. The summed E-state index contributed by atoms with van der Waals surface area (Å²) in [4.78, 5) is 12.7. The van der Waals surface area contributed by atoms with Crippen molar-refractivity contribution < 1.29 is 14.3 Å². The van der Waals surface area contributed by atoms with Crippen molar-refractivity contribution in [2.75, 3.05) is 7.11 Å². The fourth-order valence-corrected chi connectivity index (χ4v) is 7.82. The van der Waals surface area contributed by atoms with Crippen LogP contribution in [0.15, 0.2) is 12.1 Å². The quantitative estimate of drug-likeness (QED) is 0.778. The minimum atomic E-state index is -0.135. The smallest absolute Gasteiger partial charge is 0.136 e. The molecule has 27 heavy (non-hydrogen) atoms. The van der Waals surface area contributed by atoms with E-state index in [-0.39, 0.29) is 34.7 Å². The van der Waals surface area contributed by atoms with Gasteiger partial charge in [-0.2, -0.15) is 0 Å². The van der Waals surface area contributed by atoms with Crippen LogP contribution in [0.4, 0.5) is 0 Å². The number of rotatable bonds is 4. The predicted molar refractivity (Wildman–Crippen MR) is 105 cm³/mol. The van der Waals surface area contributed by atoms with E-state index in [9.17, 15) is 4.79 Å². The van der Waals surface area contributed by atoms with Gasteiger partial charge in [0.1, 0.15) is 23.7 Å². The lowest BCUT2D eigenvalue weighted by Crippen LogP contribution is -2.69. The molecule has 0 amide bonds. The molecule has 146 valence electrons. The summed E-state index contributed by atoms with van der Waals surface area (Å²) in [6.45, 7) is 6.32. The normalized spacial score (nSPS) is 41.0. The monoisotopic (exact) mass is 368 g/mol. The van der Waals surface area contributed by atoms with E-state index < -0.39 is 0 Å². The second-order valence-electron chi connectivity index (χ2n) is 9.38. The highest BCUT2D eigenvalue weighted by Gasteiger charge is 2.72. The predicted octanol–water partition coefficient (Wildman–Crippen LogP) is 4.62. The number of methoxy groups -OCH3 is 1. The van der Waals surface area contributed by atoms with Crippen molar-refractivity contribution in [3.05, 3.63) is 28.8 Å². The Morgan fingerprint density at radius 3 is 2.81 bits per heavy atom. The molecular formula is C24H32O3. The summed E-state index contributed by atoms with van der Waals surface area (Å²) in [5.41, 5.74) is 4.54. The zero-order valence-electron chi connectivity index (χ0n) is 17.1. The van der Waals surface area contributed by atoms with E-state index in [2.05, 4.69) is 26.0 Å². The van der Waals surface area contributed by atoms with Gasteiger partial charge < -0.3 is 9.47 Å². The Morgan fingerprint density at radius 2 is 2.15 bits per heavy atom. The number of carbonyl (C=O) groups excluding carboxylic acids is 1. The molecule has 3 aliphatic carbocycles. The van der Waals surface area contributed by atoms with Gasteiger partial charge >= 0.3 is 0 Å². The van der Waals surface area contributed by atoms with Gasteiger partial charge in [-0.15, -0.1) is 0 Å². The van der Waals surface area contributed by atoms with E-state index in [1.54, 1.807) is 14.0 Å². The lowest BCUT2D eigenvalue weighted by atomic mass is 9.38. The molecule has 0 N–H and O–H groups in total. The molecule has 3 nitrogen and oxygen atoms in total. The molecule has 3 heteroatoms. The van der Waals surface area contributed by atoms with Crippen LogP contribution >= 0.6 is 0 Å². The van der Waals surface area contributed by atoms with Crippen molar-refractivity contribution in [1.29, 1.82) is 0 Å². The fraction of sp³-hybridized carbons (Fsp3) is 0.708. The van der Waals surface area contributed by atoms with Crippen molar-refractivity contribution in [2.45, 2.75) is 83.3 Å². The van der Waals surface area contributed by atoms with Gasteiger partial charge in [0.25, 0.3) is 0 Å². The van der Waals surface area contributed by atoms with Crippen molar-refractivity contribution in [2.24, 2.45) is 17.3 Å². The Bertz CT molecular complexity index is 799. The van der Waals surface area contributed by atoms with Crippen LogP contribution in [0, 0.1) is 17.3 Å². The van der Waals surface area contributed by atoms with E-state index in [1.807, 2.05) is 0 Å². The van der Waals surface area contributed by atoms with Crippen molar-refractivity contribution in [1.82, 2.24) is 0 Å². The maximum absolute atomic E-state index is 12.7.